The van der Waals surface area contributed by atoms with Gasteiger partial charge in [0.1, 0.15) is 12.4 Å². The van der Waals surface area contributed by atoms with Crippen LogP contribution in [0.3, 0.4) is 0 Å². The monoisotopic (exact) mass is 310 g/mol. The minimum absolute atomic E-state index is 0.0260. The first-order valence-electron chi connectivity index (χ1n) is 7.48. The number of hydrogen-bond acceptors (Lipinski definition) is 3. The Balaban J connectivity index is 1.62. The van der Waals surface area contributed by atoms with Crippen molar-refractivity contribution in [3.8, 4) is 0 Å². The minimum Gasteiger partial charge on any atom is -0.313 e. The van der Waals surface area contributed by atoms with Crippen molar-refractivity contribution in [1.82, 2.24) is 9.88 Å². The van der Waals surface area contributed by atoms with Gasteiger partial charge in [0.25, 0.3) is 0 Å². The molecule has 1 saturated heterocycles. The minimum atomic E-state index is -0.241. The molecule has 1 N–H and O–H groups in total. The summed E-state index contributed by atoms with van der Waals surface area (Å²) < 4.78 is 0. The highest BCUT2D eigenvalue weighted by molar-refractivity contribution is 5.99. The van der Waals surface area contributed by atoms with E-state index in [1.807, 2.05) is 49.4 Å². The highest BCUT2D eigenvalue weighted by Gasteiger charge is 2.30. The van der Waals surface area contributed by atoms with Gasteiger partial charge in [-0.05, 0) is 30.7 Å². The standard InChI is InChI=1S/C17H18N4O2/c1-13-6-5-9-18-16(13)19-15(22)12-20-10-11-21(17(20)23)14-7-3-2-4-8-14/h2-9H,10-12H2,1H3,(H,18,19,22). The van der Waals surface area contributed by atoms with Crippen LogP contribution in [0.2, 0.25) is 0 Å². The van der Waals surface area contributed by atoms with E-state index in [2.05, 4.69) is 10.3 Å². The number of para-hydroxylation sites is 1. The molecule has 0 saturated carbocycles. The van der Waals surface area contributed by atoms with Crippen molar-refractivity contribution in [1.29, 1.82) is 0 Å². The number of carbonyl (C=O) groups is 2. The van der Waals surface area contributed by atoms with Crippen LogP contribution in [0.5, 0.6) is 0 Å². The molecule has 23 heavy (non-hydrogen) atoms. The first-order chi connectivity index (χ1) is 11.1. The van der Waals surface area contributed by atoms with Gasteiger partial charge in [-0.3, -0.25) is 9.69 Å². The maximum Gasteiger partial charge on any atom is 0.325 e. The summed E-state index contributed by atoms with van der Waals surface area (Å²) in [5, 5.41) is 2.75. The molecule has 1 aromatic heterocycles. The number of anilines is 2. The number of urea groups is 1. The smallest absolute Gasteiger partial charge is 0.313 e. The fourth-order valence-corrected chi connectivity index (χ4v) is 2.54. The van der Waals surface area contributed by atoms with E-state index >= 15 is 0 Å². The maximum atomic E-state index is 12.4. The highest BCUT2D eigenvalue weighted by Crippen LogP contribution is 2.19. The second-order valence-electron chi connectivity index (χ2n) is 5.41. The van der Waals surface area contributed by atoms with Crippen LogP contribution in [0.15, 0.2) is 48.7 Å². The average molecular weight is 310 g/mol. The molecule has 1 aromatic carbocycles. The van der Waals surface area contributed by atoms with Crippen molar-refractivity contribution in [2.45, 2.75) is 6.92 Å². The second kappa shape index (κ2) is 6.48. The fraction of sp³-hybridized carbons (Fsp3) is 0.235. The number of hydrogen-bond donors (Lipinski definition) is 1. The lowest BCUT2D eigenvalue weighted by atomic mass is 10.3. The molecule has 0 atom stereocenters. The Bertz CT molecular complexity index is 718. The van der Waals surface area contributed by atoms with Crippen molar-refractivity contribution in [2.75, 3.05) is 29.9 Å². The van der Waals surface area contributed by atoms with Crippen LogP contribution in [0.25, 0.3) is 0 Å². The van der Waals surface area contributed by atoms with Gasteiger partial charge in [-0.15, -0.1) is 0 Å². The summed E-state index contributed by atoms with van der Waals surface area (Å²) in [6.07, 6.45) is 1.63. The zero-order chi connectivity index (χ0) is 16.2. The number of rotatable bonds is 4. The van der Waals surface area contributed by atoms with Crippen molar-refractivity contribution >= 4 is 23.4 Å². The quantitative estimate of drug-likeness (QED) is 0.942. The van der Waals surface area contributed by atoms with Gasteiger partial charge in [0, 0.05) is 25.0 Å². The summed E-state index contributed by atoms with van der Waals surface area (Å²) >= 11 is 0. The van der Waals surface area contributed by atoms with E-state index in [4.69, 9.17) is 0 Å². The van der Waals surface area contributed by atoms with E-state index < -0.39 is 0 Å². The van der Waals surface area contributed by atoms with E-state index in [0.717, 1.165) is 11.3 Å². The number of pyridine rings is 1. The molecular weight excluding hydrogens is 292 g/mol. The largest absolute Gasteiger partial charge is 0.325 e. The third-order valence-corrected chi connectivity index (χ3v) is 3.76. The van der Waals surface area contributed by atoms with Gasteiger partial charge in [-0.25, -0.2) is 9.78 Å². The van der Waals surface area contributed by atoms with Crippen LogP contribution >= 0.6 is 0 Å². The summed E-state index contributed by atoms with van der Waals surface area (Å²) in [7, 11) is 0. The van der Waals surface area contributed by atoms with Gasteiger partial charge < -0.3 is 10.2 Å². The molecule has 1 aliphatic heterocycles. The molecular formula is C17H18N4O2. The van der Waals surface area contributed by atoms with Crippen molar-refractivity contribution in [3.05, 3.63) is 54.2 Å². The van der Waals surface area contributed by atoms with Crippen LogP contribution in [-0.4, -0.2) is 41.5 Å². The summed E-state index contributed by atoms with van der Waals surface area (Å²) in [6, 6.07) is 13.0. The van der Waals surface area contributed by atoms with Crippen LogP contribution in [-0.2, 0) is 4.79 Å². The van der Waals surface area contributed by atoms with E-state index in [0.29, 0.717) is 18.9 Å². The van der Waals surface area contributed by atoms with Gasteiger partial charge >= 0.3 is 6.03 Å². The zero-order valence-electron chi connectivity index (χ0n) is 12.9. The number of nitrogens with one attached hydrogen (secondary N) is 1. The Morgan fingerprint density at radius 1 is 1.17 bits per heavy atom. The van der Waals surface area contributed by atoms with Crippen molar-refractivity contribution < 1.29 is 9.59 Å². The van der Waals surface area contributed by atoms with E-state index in [-0.39, 0.29) is 18.5 Å². The molecule has 0 radical (unpaired) electrons. The Morgan fingerprint density at radius 2 is 1.96 bits per heavy atom. The third-order valence-electron chi connectivity index (χ3n) is 3.76. The summed E-state index contributed by atoms with van der Waals surface area (Å²) in [5.74, 6) is 0.291. The lowest BCUT2D eigenvalue weighted by molar-refractivity contribution is -0.116. The first kappa shape index (κ1) is 15.0. The van der Waals surface area contributed by atoms with Crippen LogP contribution < -0.4 is 10.2 Å². The van der Waals surface area contributed by atoms with Crippen LogP contribution in [0.4, 0.5) is 16.3 Å². The first-order valence-corrected chi connectivity index (χ1v) is 7.48. The molecule has 0 unspecified atom stereocenters. The topological polar surface area (TPSA) is 65.5 Å². The lowest BCUT2D eigenvalue weighted by Crippen LogP contribution is -2.37. The summed E-state index contributed by atoms with van der Waals surface area (Å²) in [6.45, 7) is 3.01. The maximum absolute atomic E-state index is 12.4. The molecule has 0 bridgehead atoms. The van der Waals surface area contributed by atoms with Crippen molar-refractivity contribution in [2.24, 2.45) is 0 Å². The van der Waals surface area contributed by atoms with Gasteiger partial charge in [-0.2, -0.15) is 0 Å². The molecule has 1 aliphatic rings. The molecule has 1 fully saturated rings. The number of carbonyl (C=O) groups excluding carboxylic acids is 2. The van der Waals surface area contributed by atoms with Gasteiger partial charge in [0.15, 0.2) is 0 Å². The molecule has 2 aromatic rings. The fourth-order valence-electron chi connectivity index (χ4n) is 2.54. The normalized spacial score (nSPS) is 14.2. The number of nitrogens with zero attached hydrogens (tertiary/aromatic N) is 3. The number of amides is 3. The Kier molecular flexibility index (Phi) is 4.23. The Labute approximate surface area is 134 Å². The molecule has 0 aliphatic carbocycles. The van der Waals surface area contributed by atoms with Gasteiger partial charge in [0.2, 0.25) is 5.91 Å². The molecule has 6 heteroatoms. The van der Waals surface area contributed by atoms with Crippen LogP contribution in [0, 0.1) is 6.92 Å². The zero-order valence-corrected chi connectivity index (χ0v) is 12.9. The third kappa shape index (κ3) is 3.31. The number of aromatic nitrogens is 1. The number of aryl methyl sites for hydroxylation is 1. The van der Waals surface area contributed by atoms with Gasteiger partial charge in [-0.1, -0.05) is 24.3 Å². The molecule has 118 valence electrons. The molecule has 3 amide bonds. The second-order valence-corrected chi connectivity index (χ2v) is 5.41. The van der Waals surface area contributed by atoms with E-state index in [1.165, 1.54) is 0 Å². The molecule has 3 rings (SSSR count). The molecule has 2 heterocycles. The summed E-state index contributed by atoms with van der Waals surface area (Å²) in [4.78, 5) is 31.9. The molecule has 6 nitrogen and oxygen atoms in total. The van der Waals surface area contributed by atoms with Crippen molar-refractivity contribution in [3.63, 3.8) is 0 Å². The summed E-state index contributed by atoms with van der Waals surface area (Å²) in [5.41, 5.74) is 1.74. The SMILES string of the molecule is Cc1cccnc1NC(=O)CN1CCN(c2ccccc2)C1=O. The van der Waals surface area contributed by atoms with Crippen LogP contribution in [0.1, 0.15) is 5.56 Å². The Morgan fingerprint density at radius 3 is 2.70 bits per heavy atom. The Hall–Kier alpha value is -2.89. The highest BCUT2D eigenvalue weighted by atomic mass is 16.2. The van der Waals surface area contributed by atoms with E-state index in [9.17, 15) is 9.59 Å². The predicted octanol–water partition coefficient (Wildman–Crippen LogP) is 2.27. The lowest BCUT2D eigenvalue weighted by Gasteiger charge is -2.18. The van der Waals surface area contributed by atoms with E-state index in [1.54, 1.807) is 16.0 Å². The molecule has 0 spiro atoms. The average Bonchev–Trinajstić information content (AvgIpc) is 2.91. The predicted molar refractivity (Wildman–Crippen MR) is 88.4 cm³/mol. The number of benzene rings is 1. The van der Waals surface area contributed by atoms with Gasteiger partial charge in [0.05, 0.1) is 0 Å².